The maximum Gasteiger partial charge on any atom is 0.329 e. The van der Waals surface area contributed by atoms with Crippen molar-refractivity contribution in [3.8, 4) is 11.1 Å². The van der Waals surface area contributed by atoms with Gasteiger partial charge in [0.1, 0.15) is 12.1 Å². The number of piperidine rings is 2. The molecule has 0 saturated carbocycles. The van der Waals surface area contributed by atoms with Gasteiger partial charge >= 0.3 is 5.69 Å². The highest BCUT2D eigenvalue weighted by molar-refractivity contribution is 6.01. The number of carbonyl (C=O) groups excluding carboxylic acids is 5. The molecule has 10 rings (SSSR count). The van der Waals surface area contributed by atoms with E-state index in [0.29, 0.717) is 42.7 Å². The molecule has 5 aliphatic rings. The number of amides is 5. The lowest BCUT2D eigenvalue weighted by molar-refractivity contribution is -0.135. The molecule has 4 fully saturated rings. The zero-order valence-electron chi connectivity index (χ0n) is 37.0. The molecule has 1 spiro atoms. The Balaban J connectivity index is 0.864. The molecule has 336 valence electrons. The first-order chi connectivity index (χ1) is 31.4. The highest BCUT2D eigenvalue weighted by Crippen LogP contribution is 2.44. The molecule has 6 heterocycles. The van der Waals surface area contributed by atoms with E-state index in [2.05, 4.69) is 61.5 Å². The number of aromatic nitrogens is 2. The van der Waals surface area contributed by atoms with E-state index in [4.69, 9.17) is 0 Å². The second-order valence-electron chi connectivity index (χ2n) is 18.3. The normalized spacial score (nSPS) is 20.8. The Hall–Kier alpha value is -6.78. The summed E-state index contributed by atoms with van der Waals surface area (Å²) >= 11 is 0. The van der Waals surface area contributed by atoms with Crippen molar-refractivity contribution < 1.29 is 24.0 Å². The van der Waals surface area contributed by atoms with Gasteiger partial charge in [0.15, 0.2) is 0 Å². The van der Waals surface area contributed by atoms with Crippen molar-refractivity contribution in [1.29, 1.82) is 0 Å². The van der Waals surface area contributed by atoms with E-state index in [1.807, 2.05) is 41.2 Å². The second-order valence-corrected chi connectivity index (χ2v) is 18.3. The van der Waals surface area contributed by atoms with Crippen molar-refractivity contribution in [2.45, 2.75) is 63.6 Å². The Labute approximate surface area is 376 Å². The van der Waals surface area contributed by atoms with Crippen LogP contribution in [0.3, 0.4) is 0 Å². The van der Waals surface area contributed by atoms with Crippen LogP contribution in [0.15, 0.2) is 83.7 Å². The summed E-state index contributed by atoms with van der Waals surface area (Å²) in [4.78, 5) is 83.9. The van der Waals surface area contributed by atoms with E-state index in [0.717, 1.165) is 96.7 Å². The number of rotatable bonds is 9. The van der Waals surface area contributed by atoms with Crippen LogP contribution < -0.4 is 41.9 Å². The summed E-state index contributed by atoms with van der Waals surface area (Å²) in [6, 6.07) is 24.1. The summed E-state index contributed by atoms with van der Waals surface area (Å²) in [5.74, 6) is -1.08. The Bertz CT molecular complexity index is 2840. The summed E-state index contributed by atoms with van der Waals surface area (Å²) in [5, 5.41) is 9.88. The monoisotopic (exact) mass is 878 g/mol. The van der Waals surface area contributed by atoms with E-state index in [1.165, 1.54) is 4.57 Å². The number of nitrogens with one attached hydrogen (secondary N) is 4. The summed E-state index contributed by atoms with van der Waals surface area (Å²) in [5.41, 5.74) is 12.5. The largest absolute Gasteiger partial charge is 0.371 e. The maximum atomic E-state index is 13.9. The minimum atomic E-state index is -0.720. The van der Waals surface area contributed by atoms with Gasteiger partial charge in [-0.3, -0.25) is 43.3 Å². The average Bonchev–Trinajstić information content (AvgIpc) is 4.08. The minimum absolute atomic E-state index is 0.143. The first-order valence-corrected chi connectivity index (χ1v) is 22.6. The summed E-state index contributed by atoms with van der Waals surface area (Å²) in [6.45, 7) is 5.08. The van der Waals surface area contributed by atoms with E-state index >= 15 is 0 Å². The topological polar surface area (TPSA) is 173 Å². The van der Waals surface area contributed by atoms with Gasteiger partial charge in [-0.15, -0.1) is 0 Å². The molecule has 1 aromatic heterocycles. The van der Waals surface area contributed by atoms with Gasteiger partial charge < -0.3 is 25.4 Å². The standard InChI is InChI=1S/C49H54N10O6/c1-50-45(62)31-6-4-7-33(24-31)51-47(64)44-37-26-30(9-13-38(37)55(3)53-44)36-12-10-35(58-20-5-8-43(58)61)25-32(36)28-56-21-17-49(18-22-56)19-23-57(29-49)34-11-14-39-41(27-34)54(2)48(65)59(39)40-15-16-42(60)52-46(40)63/h4,6-7,9-14,24-27,40,44,53H,5,8,15-23,28-29H2,1-3H3,(H,50,62)(H,51,64)(H,52,60,63). The van der Waals surface area contributed by atoms with Crippen LogP contribution in [-0.2, 0) is 32.8 Å². The highest BCUT2D eigenvalue weighted by Gasteiger charge is 2.41. The Morgan fingerprint density at radius 1 is 0.831 bits per heavy atom. The summed E-state index contributed by atoms with van der Waals surface area (Å²) in [7, 11) is 5.20. The number of anilines is 4. The number of imidazole rings is 1. The van der Waals surface area contributed by atoms with Gasteiger partial charge in [0.25, 0.3) is 5.91 Å². The molecule has 4 aromatic carbocycles. The number of fused-ring (bicyclic) bond motifs is 2. The number of hydrazine groups is 1. The molecule has 0 radical (unpaired) electrons. The third kappa shape index (κ3) is 7.73. The van der Waals surface area contributed by atoms with E-state index < -0.39 is 18.0 Å². The highest BCUT2D eigenvalue weighted by atomic mass is 16.2. The van der Waals surface area contributed by atoms with Crippen LogP contribution in [0.1, 0.15) is 78.5 Å². The third-order valence-electron chi connectivity index (χ3n) is 14.4. The summed E-state index contributed by atoms with van der Waals surface area (Å²) in [6.07, 6.45) is 5.03. The number of nitrogens with zero attached hydrogens (tertiary/aromatic N) is 6. The zero-order chi connectivity index (χ0) is 45.1. The third-order valence-corrected chi connectivity index (χ3v) is 14.4. The fourth-order valence-electron chi connectivity index (χ4n) is 10.7. The van der Waals surface area contributed by atoms with Crippen molar-refractivity contribution in [2.75, 3.05) is 66.9 Å². The minimum Gasteiger partial charge on any atom is -0.371 e. The Kier molecular flexibility index (Phi) is 10.8. The van der Waals surface area contributed by atoms with Crippen molar-refractivity contribution in [1.82, 2.24) is 30.1 Å². The van der Waals surface area contributed by atoms with Crippen molar-refractivity contribution >= 4 is 63.3 Å². The Morgan fingerprint density at radius 3 is 2.40 bits per heavy atom. The van der Waals surface area contributed by atoms with Crippen molar-refractivity contribution in [2.24, 2.45) is 12.5 Å². The maximum absolute atomic E-state index is 13.9. The van der Waals surface area contributed by atoms with Crippen LogP contribution in [0.4, 0.5) is 22.7 Å². The lowest BCUT2D eigenvalue weighted by Crippen LogP contribution is -2.44. The van der Waals surface area contributed by atoms with Gasteiger partial charge in [-0.05, 0) is 128 Å². The molecule has 4 N–H and O–H groups in total. The number of likely N-dealkylation sites (tertiary alicyclic amines) is 1. The molecular formula is C49H54N10O6. The molecule has 0 aliphatic carbocycles. The van der Waals surface area contributed by atoms with Crippen LogP contribution in [0.25, 0.3) is 22.2 Å². The molecule has 65 heavy (non-hydrogen) atoms. The Morgan fingerprint density at radius 2 is 1.63 bits per heavy atom. The number of imide groups is 1. The van der Waals surface area contributed by atoms with E-state index in [1.54, 1.807) is 42.9 Å². The molecule has 2 unspecified atom stereocenters. The van der Waals surface area contributed by atoms with Crippen molar-refractivity contribution in [3.63, 3.8) is 0 Å². The molecule has 4 saturated heterocycles. The van der Waals surface area contributed by atoms with Crippen LogP contribution in [0.2, 0.25) is 0 Å². The van der Waals surface area contributed by atoms with E-state index in [9.17, 15) is 28.8 Å². The number of aryl methyl sites for hydroxylation is 1. The number of hydrogen-bond acceptors (Lipinski definition) is 10. The molecule has 5 amide bonds. The van der Waals surface area contributed by atoms with Gasteiger partial charge in [-0.1, -0.05) is 18.2 Å². The van der Waals surface area contributed by atoms with Gasteiger partial charge in [-0.2, -0.15) is 0 Å². The van der Waals surface area contributed by atoms with Crippen molar-refractivity contribution in [3.05, 3.63) is 106 Å². The smallest absolute Gasteiger partial charge is 0.329 e. The lowest BCUT2D eigenvalue weighted by atomic mass is 9.77. The van der Waals surface area contributed by atoms with Gasteiger partial charge in [0.2, 0.25) is 23.6 Å². The van der Waals surface area contributed by atoms with Gasteiger partial charge in [0.05, 0.1) is 16.7 Å². The van der Waals surface area contributed by atoms with Crippen LogP contribution in [0, 0.1) is 5.41 Å². The molecule has 5 aromatic rings. The lowest BCUT2D eigenvalue weighted by Gasteiger charge is -2.39. The molecule has 5 aliphatic heterocycles. The number of benzene rings is 4. The molecule has 16 heteroatoms. The zero-order valence-corrected chi connectivity index (χ0v) is 37.0. The van der Waals surface area contributed by atoms with E-state index in [-0.39, 0.29) is 41.2 Å². The second kappa shape index (κ2) is 16.7. The number of carbonyl (C=O) groups is 5. The molecule has 2 atom stereocenters. The predicted octanol–water partition coefficient (Wildman–Crippen LogP) is 4.60. The quantitative estimate of drug-likeness (QED) is 0.154. The van der Waals surface area contributed by atoms with Gasteiger partial charge in [-0.25, -0.2) is 10.2 Å². The fraction of sp³-hybridized carbons (Fsp3) is 0.388. The SMILES string of the molecule is CNC(=O)c1cccc(NC(=O)C2NN(C)c3ccc(-c4ccc(N5CCCC5=O)cc4CN4CCC5(CC4)CCN(c4ccc6c(c4)n(C)c(=O)n6C4CCC(=O)NC4=O)C5)cc32)c1. The molecular weight excluding hydrogens is 825 g/mol. The first-order valence-electron chi connectivity index (χ1n) is 22.6. The van der Waals surface area contributed by atoms with Crippen LogP contribution >= 0.6 is 0 Å². The number of hydrogen-bond donors (Lipinski definition) is 4. The average molecular weight is 879 g/mol. The van der Waals surface area contributed by atoms with Crippen LogP contribution in [-0.4, -0.2) is 90.4 Å². The van der Waals surface area contributed by atoms with Gasteiger partial charge in [0, 0.05) is 88.4 Å². The predicted molar refractivity (Wildman–Crippen MR) is 249 cm³/mol. The molecule has 0 bridgehead atoms. The summed E-state index contributed by atoms with van der Waals surface area (Å²) < 4.78 is 3.13. The fourth-order valence-corrected chi connectivity index (χ4v) is 10.7. The molecule has 16 nitrogen and oxygen atoms in total. The van der Waals surface area contributed by atoms with Crippen LogP contribution in [0.5, 0.6) is 0 Å². The first kappa shape index (κ1) is 42.2.